The molecule has 1 fully saturated rings. The molecule has 1 aliphatic rings. The molecule has 0 radical (unpaired) electrons. The number of urea groups is 1. The van der Waals surface area contributed by atoms with Crippen molar-refractivity contribution in [2.45, 2.75) is 19.0 Å². The lowest BCUT2D eigenvalue weighted by atomic mass is 9.96. The molecule has 1 heterocycles. The van der Waals surface area contributed by atoms with Crippen molar-refractivity contribution in [3.63, 3.8) is 0 Å². The number of amides is 3. The number of nitro groups is 1. The van der Waals surface area contributed by atoms with Crippen LogP contribution in [0.25, 0.3) is 0 Å². The first-order valence-corrected chi connectivity index (χ1v) is 9.86. The Morgan fingerprint density at radius 3 is 2.48 bits per heavy atom. The molecule has 1 saturated heterocycles. The number of benzene rings is 1. The van der Waals surface area contributed by atoms with Gasteiger partial charge in [-0.15, -0.1) is 0 Å². The van der Waals surface area contributed by atoms with Crippen LogP contribution in [0.5, 0.6) is 0 Å². The van der Waals surface area contributed by atoms with Gasteiger partial charge in [-0.2, -0.15) is 13.2 Å². The summed E-state index contributed by atoms with van der Waals surface area (Å²) in [5, 5.41) is 15.6. The molecule has 14 heteroatoms. The van der Waals surface area contributed by atoms with Crippen molar-refractivity contribution < 1.29 is 42.0 Å². The number of halogens is 3. The number of esters is 1. The van der Waals surface area contributed by atoms with Gasteiger partial charge in [-0.25, -0.2) is 4.79 Å². The highest BCUT2D eigenvalue weighted by Crippen LogP contribution is 2.37. The van der Waals surface area contributed by atoms with E-state index in [-0.39, 0.29) is 44.8 Å². The zero-order chi connectivity index (χ0) is 24.6. The summed E-state index contributed by atoms with van der Waals surface area (Å²) in [7, 11) is 1.44. The minimum Gasteiger partial charge on any atom is -0.455 e. The number of methoxy groups -OCH3 is 1. The molecule has 2 N–H and O–H groups in total. The van der Waals surface area contributed by atoms with Crippen LogP contribution < -0.4 is 15.5 Å². The summed E-state index contributed by atoms with van der Waals surface area (Å²) in [6, 6.07) is 1.54. The lowest BCUT2D eigenvalue weighted by Crippen LogP contribution is -2.43. The van der Waals surface area contributed by atoms with Crippen LogP contribution in [0.15, 0.2) is 18.2 Å². The van der Waals surface area contributed by atoms with Crippen LogP contribution in [0, 0.1) is 16.0 Å². The molecule has 1 aromatic rings. The Bertz CT molecular complexity index is 887. The number of hydrogen-bond acceptors (Lipinski definition) is 8. The highest BCUT2D eigenvalue weighted by atomic mass is 19.4. The summed E-state index contributed by atoms with van der Waals surface area (Å²) < 4.78 is 48.3. The van der Waals surface area contributed by atoms with Gasteiger partial charge in [0.2, 0.25) is 0 Å². The van der Waals surface area contributed by atoms with E-state index in [4.69, 9.17) is 9.47 Å². The Hall–Kier alpha value is -3.42. The molecule has 0 spiro atoms. The van der Waals surface area contributed by atoms with E-state index < -0.39 is 52.8 Å². The first-order valence-electron chi connectivity index (χ1n) is 9.86. The summed E-state index contributed by atoms with van der Waals surface area (Å²) >= 11 is 0. The maximum atomic E-state index is 12.9. The van der Waals surface area contributed by atoms with Crippen LogP contribution in [0.3, 0.4) is 0 Å². The van der Waals surface area contributed by atoms with Crippen molar-refractivity contribution in [1.82, 2.24) is 10.6 Å². The van der Waals surface area contributed by atoms with Gasteiger partial charge in [-0.1, -0.05) is 0 Å². The van der Waals surface area contributed by atoms with Crippen LogP contribution in [0.1, 0.15) is 18.4 Å². The fourth-order valence-corrected chi connectivity index (χ4v) is 3.20. The maximum Gasteiger partial charge on any atom is 0.416 e. The topological polar surface area (TPSA) is 140 Å². The molecule has 182 valence electrons. The zero-order valence-corrected chi connectivity index (χ0v) is 17.6. The first kappa shape index (κ1) is 25.8. The normalized spacial score (nSPS) is 14.5. The third kappa shape index (κ3) is 7.59. The van der Waals surface area contributed by atoms with Gasteiger partial charge in [-0.05, 0) is 25.0 Å². The largest absolute Gasteiger partial charge is 0.455 e. The number of rotatable bonds is 8. The van der Waals surface area contributed by atoms with Gasteiger partial charge in [0.25, 0.3) is 11.6 Å². The van der Waals surface area contributed by atoms with E-state index in [2.05, 4.69) is 5.32 Å². The smallest absolute Gasteiger partial charge is 0.416 e. The molecule has 0 unspecified atom stereocenters. The third-order valence-electron chi connectivity index (χ3n) is 4.86. The average Bonchev–Trinajstić information content (AvgIpc) is 2.76. The van der Waals surface area contributed by atoms with Gasteiger partial charge >= 0.3 is 18.2 Å². The number of ether oxygens (including phenoxy) is 2. The molecule has 0 saturated carbocycles. The van der Waals surface area contributed by atoms with Crippen LogP contribution in [-0.2, 0) is 25.2 Å². The zero-order valence-electron chi connectivity index (χ0n) is 17.6. The summed E-state index contributed by atoms with van der Waals surface area (Å²) in [5.74, 6) is -2.10. The van der Waals surface area contributed by atoms with Crippen LogP contribution in [0.4, 0.5) is 29.3 Å². The standard InChI is InChI=1S/C19H23F3N4O7/c1-32-9-6-23-18(29)24-16(27)11-33-17(28)12-4-7-25(8-5-12)14-3-2-13(19(20,21)22)10-15(14)26(30)31/h2-3,10,12H,4-9,11H2,1H3,(H2,23,24,27,29). The molecule has 33 heavy (non-hydrogen) atoms. The highest BCUT2D eigenvalue weighted by Gasteiger charge is 2.35. The van der Waals surface area contributed by atoms with Crippen LogP contribution in [-0.4, -0.2) is 62.8 Å². The summed E-state index contributed by atoms with van der Waals surface area (Å²) in [5.41, 5.74) is -1.77. The second-order valence-electron chi connectivity index (χ2n) is 7.12. The number of nitro benzene ring substituents is 1. The highest BCUT2D eigenvalue weighted by molar-refractivity contribution is 5.95. The number of alkyl halides is 3. The molecular formula is C19H23F3N4O7. The van der Waals surface area contributed by atoms with Gasteiger partial charge in [0, 0.05) is 32.8 Å². The summed E-state index contributed by atoms with van der Waals surface area (Å²) in [6.45, 7) is 0.108. The van der Waals surface area contributed by atoms with Gasteiger partial charge in [-0.3, -0.25) is 25.0 Å². The Balaban J connectivity index is 1.87. The fraction of sp³-hybridized carbons (Fsp3) is 0.526. The molecule has 3 amide bonds. The molecule has 1 aliphatic heterocycles. The van der Waals surface area contributed by atoms with Crippen molar-refractivity contribution in [2.24, 2.45) is 5.92 Å². The summed E-state index contributed by atoms with van der Waals surface area (Å²) in [4.78, 5) is 47.2. The minimum absolute atomic E-state index is 0.0266. The number of nitrogens with one attached hydrogen (secondary N) is 2. The van der Waals surface area contributed by atoms with Crippen molar-refractivity contribution in [3.05, 3.63) is 33.9 Å². The second kappa shape index (κ2) is 11.4. The number of nitrogens with zero attached hydrogens (tertiary/aromatic N) is 2. The van der Waals surface area contributed by atoms with Gasteiger partial charge in [0.1, 0.15) is 5.69 Å². The molecule has 0 aliphatic carbocycles. The number of hydrogen-bond donors (Lipinski definition) is 2. The SMILES string of the molecule is COCCNC(=O)NC(=O)COC(=O)C1CCN(c2ccc(C(F)(F)F)cc2[N+](=O)[O-])CC1. The van der Waals surface area contributed by atoms with E-state index in [1.54, 1.807) is 0 Å². The Morgan fingerprint density at radius 2 is 1.91 bits per heavy atom. The van der Waals surface area contributed by atoms with E-state index in [1.165, 1.54) is 12.0 Å². The molecular weight excluding hydrogens is 453 g/mol. The van der Waals surface area contributed by atoms with Crippen molar-refractivity contribution in [3.8, 4) is 0 Å². The number of carbonyl (C=O) groups is 3. The Labute approximate surface area is 186 Å². The number of carbonyl (C=O) groups excluding carboxylic acids is 3. The average molecular weight is 476 g/mol. The Kier molecular flexibility index (Phi) is 8.96. The van der Waals surface area contributed by atoms with E-state index in [0.29, 0.717) is 6.07 Å². The lowest BCUT2D eigenvalue weighted by Gasteiger charge is -2.32. The molecule has 0 atom stereocenters. The number of piperidine rings is 1. The van der Waals surface area contributed by atoms with Gasteiger partial charge in [0.15, 0.2) is 6.61 Å². The third-order valence-corrected chi connectivity index (χ3v) is 4.86. The van der Waals surface area contributed by atoms with E-state index >= 15 is 0 Å². The first-order chi connectivity index (χ1) is 15.5. The van der Waals surface area contributed by atoms with Crippen LogP contribution in [0.2, 0.25) is 0 Å². The van der Waals surface area contributed by atoms with Crippen LogP contribution >= 0.6 is 0 Å². The summed E-state index contributed by atoms with van der Waals surface area (Å²) in [6.07, 6.45) is -4.27. The number of imide groups is 1. The molecule has 1 aromatic carbocycles. The van der Waals surface area contributed by atoms with Gasteiger partial charge in [0.05, 0.1) is 23.0 Å². The predicted octanol–water partition coefficient (Wildman–Crippen LogP) is 1.85. The molecule has 0 aromatic heterocycles. The van der Waals surface area contributed by atoms with Crippen molar-refractivity contribution in [2.75, 3.05) is 44.9 Å². The lowest BCUT2D eigenvalue weighted by molar-refractivity contribution is -0.384. The predicted molar refractivity (Wildman–Crippen MR) is 107 cm³/mol. The maximum absolute atomic E-state index is 12.9. The quantitative estimate of drug-likeness (QED) is 0.251. The fourth-order valence-electron chi connectivity index (χ4n) is 3.20. The molecule has 11 nitrogen and oxygen atoms in total. The van der Waals surface area contributed by atoms with E-state index in [9.17, 15) is 37.7 Å². The van der Waals surface area contributed by atoms with E-state index in [0.717, 1.165) is 12.1 Å². The number of anilines is 1. The van der Waals surface area contributed by atoms with Crippen molar-refractivity contribution >= 4 is 29.3 Å². The minimum atomic E-state index is -4.71. The molecule has 0 bridgehead atoms. The second-order valence-corrected chi connectivity index (χ2v) is 7.12. The monoisotopic (exact) mass is 476 g/mol. The van der Waals surface area contributed by atoms with Crippen molar-refractivity contribution in [1.29, 1.82) is 0 Å². The van der Waals surface area contributed by atoms with Gasteiger partial charge < -0.3 is 19.7 Å². The van der Waals surface area contributed by atoms with E-state index in [1.807, 2.05) is 5.32 Å². The Morgan fingerprint density at radius 1 is 1.24 bits per heavy atom. The molecule has 2 rings (SSSR count).